The van der Waals surface area contributed by atoms with Crippen molar-refractivity contribution in [2.45, 2.75) is 0 Å². The van der Waals surface area contributed by atoms with Crippen LogP contribution in [-0.4, -0.2) is 13.0 Å². The van der Waals surface area contributed by atoms with Crippen LogP contribution < -0.4 is 10.5 Å². The minimum atomic E-state index is -0.454. The van der Waals surface area contributed by atoms with E-state index in [2.05, 4.69) is 15.9 Å². The summed E-state index contributed by atoms with van der Waals surface area (Å²) in [4.78, 5) is 10.8. The first kappa shape index (κ1) is 9.06. The zero-order valence-electron chi connectivity index (χ0n) is 6.50. The van der Waals surface area contributed by atoms with Crippen LogP contribution in [0.2, 0.25) is 0 Å². The summed E-state index contributed by atoms with van der Waals surface area (Å²) in [6.45, 7) is 0. The molecule has 0 unspecified atom stereocenters. The fraction of sp³-hybridized carbons (Fsp3) is 0.125. The van der Waals surface area contributed by atoms with Gasteiger partial charge in [-0.2, -0.15) is 0 Å². The first-order chi connectivity index (χ1) is 5.65. The molecule has 0 saturated heterocycles. The Bertz CT molecular complexity index is 312. The average Bonchev–Trinajstić information content (AvgIpc) is 2.03. The number of halogens is 1. The van der Waals surface area contributed by atoms with Crippen LogP contribution in [0.3, 0.4) is 0 Å². The smallest absolute Gasteiger partial charge is 0.249 e. The summed E-state index contributed by atoms with van der Waals surface area (Å²) >= 11 is 3.21. The van der Waals surface area contributed by atoms with Crippen LogP contribution in [0, 0.1) is 0 Å². The van der Waals surface area contributed by atoms with Crippen molar-refractivity contribution in [3.05, 3.63) is 28.2 Å². The zero-order chi connectivity index (χ0) is 9.14. The van der Waals surface area contributed by atoms with Crippen molar-refractivity contribution in [3.8, 4) is 5.75 Å². The lowest BCUT2D eigenvalue weighted by Gasteiger charge is -2.02. The highest BCUT2D eigenvalue weighted by atomic mass is 79.9. The molecule has 0 aliphatic rings. The summed E-state index contributed by atoms with van der Waals surface area (Å²) in [5.41, 5.74) is 5.55. The van der Waals surface area contributed by atoms with Gasteiger partial charge in [-0.05, 0) is 34.1 Å². The Morgan fingerprint density at radius 2 is 2.25 bits per heavy atom. The Morgan fingerprint density at radius 3 is 2.67 bits per heavy atom. The van der Waals surface area contributed by atoms with Crippen LogP contribution in [-0.2, 0) is 0 Å². The van der Waals surface area contributed by atoms with Crippen LogP contribution in [0.4, 0.5) is 0 Å². The molecule has 3 nitrogen and oxygen atoms in total. The third-order valence-corrected chi connectivity index (χ3v) is 2.10. The molecule has 0 aromatic heterocycles. The van der Waals surface area contributed by atoms with E-state index in [1.165, 1.54) is 0 Å². The Labute approximate surface area is 78.6 Å². The molecular formula is C8H8BrNO2. The normalized spacial score (nSPS) is 9.50. The molecule has 0 aliphatic heterocycles. The van der Waals surface area contributed by atoms with Gasteiger partial charge < -0.3 is 10.5 Å². The Morgan fingerprint density at radius 1 is 1.58 bits per heavy atom. The molecule has 0 radical (unpaired) electrons. The molecule has 2 N–H and O–H groups in total. The zero-order valence-corrected chi connectivity index (χ0v) is 8.09. The number of benzene rings is 1. The molecule has 64 valence electrons. The van der Waals surface area contributed by atoms with Crippen molar-refractivity contribution in [1.29, 1.82) is 0 Å². The van der Waals surface area contributed by atoms with Crippen molar-refractivity contribution in [3.63, 3.8) is 0 Å². The van der Waals surface area contributed by atoms with E-state index < -0.39 is 5.91 Å². The number of amides is 1. The van der Waals surface area contributed by atoms with E-state index in [9.17, 15) is 4.79 Å². The number of primary amides is 1. The quantitative estimate of drug-likeness (QED) is 0.837. The lowest BCUT2D eigenvalue weighted by Crippen LogP contribution is -2.11. The van der Waals surface area contributed by atoms with Crippen molar-refractivity contribution < 1.29 is 9.53 Å². The summed E-state index contributed by atoms with van der Waals surface area (Å²) in [6.07, 6.45) is 0. The van der Waals surface area contributed by atoms with Gasteiger partial charge >= 0.3 is 0 Å². The van der Waals surface area contributed by atoms with E-state index in [0.717, 1.165) is 0 Å². The van der Waals surface area contributed by atoms with E-state index in [1.54, 1.807) is 25.3 Å². The van der Waals surface area contributed by atoms with Gasteiger partial charge in [-0.1, -0.05) is 0 Å². The molecule has 12 heavy (non-hydrogen) atoms. The summed E-state index contributed by atoms with van der Waals surface area (Å²) in [7, 11) is 1.56. The second-order valence-corrected chi connectivity index (χ2v) is 3.06. The molecule has 1 rings (SSSR count). The van der Waals surface area contributed by atoms with Crippen molar-refractivity contribution in [2.24, 2.45) is 5.73 Å². The third-order valence-electron chi connectivity index (χ3n) is 1.44. The molecule has 0 aliphatic carbocycles. The molecule has 0 bridgehead atoms. The van der Waals surface area contributed by atoms with Gasteiger partial charge in [-0.3, -0.25) is 4.79 Å². The van der Waals surface area contributed by atoms with Gasteiger partial charge in [0.05, 0.1) is 12.7 Å². The maximum atomic E-state index is 10.8. The molecule has 0 fully saturated rings. The van der Waals surface area contributed by atoms with Gasteiger partial charge in [0.25, 0.3) is 0 Å². The Hall–Kier alpha value is -1.03. The Balaban J connectivity index is 3.12. The molecule has 0 saturated carbocycles. The molecule has 0 atom stereocenters. The van der Waals surface area contributed by atoms with Crippen LogP contribution >= 0.6 is 15.9 Å². The standard InChI is InChI=1S/C8H8BrNO2/c1-12-5-2-3-6(8(10)11)7(9)4-5/h2-4H,1H3,(H2,10,11). The highest BCUT2D eigenvalue weighted by Gasteiger charge is 2.05. The van der Waals surface area contributed by atoms with Crippen molar-refractivity contribution in [2.75, 3.05) is 7.11 Å². The van der Waals surface area contributed by atoms with Gasteiger partial charge in [0.1, 0.15) is 5.75 Å². The number of nitrogens with two attached hydrogens (primary N) is 1. The second kappa shape index (κ2) is 3.58. The van der Waals surface area contributed by atoms with E-state index in [4.69, 9.17) is 10.5 Å². The van der Waals surface area contributed by atoms with Crippen LogP contribution in [0.15, 0.2) is 22.7 Å². The van der Waals surface area contributed by atoms with Gasteiger partial charge in [0, 0.05) is 4.47 Å². The van der Waals surface area contributed by atoms with Gasteiger partial charge in [-0.25, -0.2) is 0 Å². The van der Waals surface area contributed by atoms with Crippen LogP contribution in [0.25, 0.3) is 0 Å². The number of ether oxygens (including phenoxy) is 1. The largest absolute Gasteiger partial charge is 0.497 e. The first-order valence-corrected chi connectivity index (χ1v) is 4.08. The molecule has 0 spiro atoms. The minimum absolute atomic E-state index is 0.454. The first-order valence-electron chi connectivity index (χ1n) is 3.28. The monoisotopic (exact) mass is 229 g/mol. The van der Waals surface area contributed by atoms with E-state index in [0.29, 0.717) is 15.8 Å². The number of methoxy groups -OCH3 is 1. The fourth-order valence-corrected chi connectivity index (χ4v) is 1.38. The maximum absolute atomic E-state index is 10.8. The topological polar surface area (TPSA) is 52.3 Å². The van der Waals surface area contributed by atoms with Gasteiger partial charge in [0.2, 0.25) is 5.91 Å². The second-order valence-electron chi connectivity index (χ2n) is 2.21. The Kier molecular flexibility index (Phi) is 2.70. The summed E-state index contributed by atoms with van der Waals surface area (Å²) < 4.78 is 5.60. The fourth-order valence-electron chi connectivity index (χ4n) is 0.823. The van der Waals surface area contributed by atoms with Crippen molar-refractivity contribution >= 4 is 21.8 Å². The predicted molar refractivity (Wildman–Crippen MR) is 49.2 cm³/mol. The summed E-state index contributed by atoms with van der Waals surface area (Å²) in [5, 5.41) is 0. The molecule has 1 aromatic carbocycles. The van der Waals surface area contributed by atoms with E-state index in [1.807, 2.05) is 0 Å². The number of carbonyl (C=O) groups is 1. The molecule has 4 heteroatoms. The van der Waals surface area contributed by atoms with Gasteiger partial charge in [0.15, 0.2) is 0 Å². The SMILES string of the molecule is COc1ccc(C(N)=O)c(Br)c1. The predicted octanol–water partition coefficient (Wildman–Crippen LogP) is 1.56. The number of hydrogen-bond acceptors (Lipinski definition) is 2. The summed E-state index contributed by atoms with van der Waals surface area (Å²) in [6, 6.07) is 5.00. The highest BCUT2D eigenvalue weighted by molar-refractivity contribution is 9.10. The number of rotatable bonds is 2. The minimum Gasteiger partial charge on any atom is -0.497 e. The number of hydrogen-bond donors (Lipinski definition) is 1. The van der Waals surface area contributed by atoms with Crippen LogP contribution in [0.5, 0.6) is 5.75 Å². The summed E-state index contributed by atoms with van der Waals surface area (Å²) in [5.74, 6) is 0.233. The average molecular weight is 230 g/mol. The molecular weight excluding hydrogens is 222 g/mol. The van der Waals surface area contributed by atoms with Crippen LogP contribution in [0.1, 0.15) is 10.4 Å². The van der Waals surface area contributed by atoms with Crippen molar-refractivity contribution in [1.82, 2.24) is 0 Å². The molecule has 1 aromatic rings. The lowest BCUT2D eigenvalue weighted by atomic mass is 10.2. The number of carbonyl (C=O) groups excluding carboxylic acids is 1. The third kappa shape index (κ3) is 1.76. The highest BCUT2D eigenvalue weighted by Crippen LogP contribution is 2.22. The lowest BCUT2D eigenvalue weighted by molar-refractivity contribution is 0.0999. The van der Waals surface area contributed by atoms with Gasteiger partial charge in [-0.15, -0.1) is 0 Å². The molecule has 1 amide bonds. The maximum Gasteiger partial charge on any atom is 0.249 e. The van der Waals surface area contributed by atoms with E-state index in [-0.39, 0.29) is 0 Å². The van der Waals surface area contributed by atoms with E-state index >= 15 is 0 Å². The molecule has 0 heterocycles.